The molecule has 1 amide bonds. The summed E-state index contributed by atoms with van der Waals surface area (Å²) in [5.74, 6) is 0.678. The van der Waals surface area contributed by atoms with Crippen molar-refractivity contribution in [1.82, 2.24) is 14.7 Å². The number of nitrogens with zero attached hydrogens (tertiary/aromatic N) is 4. The van der Waals surface area contributed by atoms with Gasteiger partial charge in [0.05, 0.1) is 19.3 Å². The van der Waals surface area contributed by atoms with Gasteiger partial charge >= 0.3 is 0 Å². The number of piperazine rings is 1. The molecule has 0 radical (unpaired) electrons. The van der Waals surface area contributed by atoms with Gasteiger partial charge in [-0.05, 0) is 48.9 Å². The van der Waals surface area contributed by atoms with Crippen LogP contribution < -0.4 is 10.2 Å². The van der Waals surface area contributed by atoms with Crippen molar-refractivity contribution in [3.05, 3.63) is 76.9 Å². The van der Waals surface area contributed by atoms with E-state index in [1.807, 2.05) is 48.5 Å². The fourth-order valence-corrected chi connectivity index (χ4v) is 4.04. The molecule has 0 aliphatic carbocycles. The lowest BCUT2D eigenvalue weighted by Gasteiger charge is -2.35. The van der Waals surface area contributed by atoms with E-state index in [2.05, 4.69) is 20.2 Å². The second-order valence-electron chi connectivity index (χ2n) is 7.92. The lowest BCUT2D eigenvalue weighted by Crippen LogP contribution is -2.48. The molecule has 8 heteroatoms. The minimum absolute atomic E-state index is 0.0582. The molecule has 1 aromatic heterocycles. The van der Waals surface area contributed by atoms with Gasteiger partial charge in [-0.1, -0.05) is 23.7 Å². The van der Waals surface area contributed by atoms with Gasteiger partial charge in [-0.25, -0.2) is 4.68 Å². The van der Waals surface area contributed by atoms with Crippen LogP contribution in [0.25, 0.3) is 0 Å². The molecule has 1 N–H and O–H groups in total. The molecule has 1 saturated heterocycles. The van der Waals surface area contributed by atoms with Crippen molar-refractivity contribution in [2.24, 2.45) is 0 Å². The predicted molar refractivity (Wildman–Crippen MR) is 127 cm³/mol. The Balaban J connectivity index is 1.28. The lowest BCUT2D eigenvalue weighted by molar-refractivity contribution is -0.117. The number of halogens is 1. The third-order valence-corrected chi connectivity index (χ3v) is 5.82. The summed E-state index contributed by atoms with van der Waals surface area (Å²) in [6.45, 7) is 5.69. The van der Waals surface area contributed by atoms with Crippen molar-refractivity contribution < 1.29 is 9.59 Å². The third kappa shape index (κ3) is 5.55. The summed E-state index contributed by atoms with van der Waals surface area (Å²) >= 11 is 6.06. The van der Waals surface area contributed by atoms with Crippen molar-refractivity contribution in [1.29, 1.82) is 0 Å². The Hall–Kier alpha value is -3.16. The van der Waals surface area contributed by atoms with Crippen molar-refractivity contribution in [3.8, 4) is 0 Å². The SMILES string of the molecule is CC(=O)c1ccc(N2CCN(CC(=O)Nc3ccnn3Cc3cccc(Cl)c3)CC2)cc1. The van der Waals surface area contributed by atoms with Gasteiger partial charge in [0.2, 0.25) is 5.91 Å². The van der Waals surface area contributed by atoms with E-state index in [0.717, 1.165) is 43.0 Å². The Morgan fingerprint density at radius 3 is 2.47 bits per heavy atom. The van der Waals surface area contributed by atoms with E-state index in [0.29, 0.717) is 23.9 Å². The molecular weight excluding hydrogens is 426 g/mol. The highest BCUT2D eigenvalue weighted by Gasteiger charge is 2.20. The lowest BCUT2D eigenvalue weighted by atomic mass is 10.1. The molecule has 7 nitrogen and oxygen atoms in total. The average molecular weight is 452 g/mol. The number of carbonyl (C=O) groups is 2. The first-order chi connectivity index (χ1) is 15.5. The van der Waals surface area contributed by atoms with Crippen molar-refractivity contribution >= 4 is 34.8 Å². The number of Topliss-reactive ketones (excluding diaryl/α,β-unsaturated/α-hetero) is 1. The Labute approximate surface area is 192 Å². The van der Waals surface area contributed by atoms with Gasteiger partial charge in [0.25, 0.3) is 0 Å². The summed E-state index contributed by atoms with van der Waals surface area (Å²) in [5, 5.41) is 7.97. The van der Waals surface area contributed by atoms with E-state index in [4.69, 9.17) is 11.6 Å². The molecule has 166 valence electrons. The highest BCUT2D eigenvalue weighted by molar-refractivity contribution is 6.30. The Kier molecular flexibility index (Phi) is 6.87. The molecule has 0 unspecified atom stereocenters. The van der Waals surface area contributed by atoms with Gasteiger partial charge in [0.15, 0.2) is 5.78 Å². The quantitative estimate of drug-likeness (QED) is 0.556. The molecule has 3 aromatic rings. The number of aromatic nitrogens is 2. The maximum atomic E-state index is 12.6. The van der Waals surface area contributed by atoms with E-state index in [9.17, 15) is 9.59 Å². The van der Waals surface area contributed by atoms with E-state index >= 15 is 0 Å². The molecule has 1 aliphatic rings. The van der Waals surface area contributed by atoms with Crippen LogP contribution in [0.5, 0.6) is 0 Å². The molecule has 0 spiro atoms. The van der Waals surface area contributed by atoms with Crippen LogP contribution in [0.3, 0.4) is 0 Å². The van der Waals surface area contributed by atoms with Crippen molar-refractivity contribution in [3.63, 3.8) is 0 Å². The zero-order valence-corrected chi connectivity index (χ0v) is 18.8. The number of carbonyl (C=O) groups excluding carboxylic acids is 2. The summed E-state index contributed by atoms with van der Waals surface area (Å²) in [5.41, 5.74) is 2.84. The summed E-state index contributed by atoms with van der Waals surface area (Å²) in [7, 11) is 0. The Morgan fingerprint density at radius 1 is 1.03 bits per heavy atom. The fourth-order valence-electron chi connectivity index (χ4n) is 3.83. The van der Waals surface area contributed by atoms with Crippen LogP contribution in [-0.2, 0) is 11.3 Å². The topological polar surface area (TPSA) is 70.5 Å². The van der Waals surface area contributed by atoms with E-state index in [-0.39, 0.29) is 11.7 Å². The first-order valence-electron chi connectivity index (χ1n) is 10.6. The molecule has 1 aliphatic heterocycles. The molecule has 0 saturated carbocycles. The molecule has 1 fully saturated rings. The Morgan fingerprint density at radius 2 is 1.78 bits per heavy atom. The summed E-state index contributed by atoms with van der Waals surface area (Å²) in [6.07, 6.45) is 1.68. The van der Waals surface area contributed by atoms with Gasteiger partial charge in [-0.2, -0.15) is 5.10 Å². The van der Waals surface area contributed by atoms with Crippen LogP contribution in [0.15, 0.2) is 60.8 Å². The van der Waals surface area contributed by atoms with Crippen LogP contribution >= 0.6 is 11.6 Å². The first kappa shape index (κ1) is 22.0. The van der Waals surface area contributed by atoms with Crippen LogP contribution in [0.2, 0.25) is 5.02 Å². The number of rotatable bonds is 7. The molecule has 2 aromatic carbocycles. The summed E-state index contributed by atoms with van der Waals surface area (Å²) in [4.78, 5) is 28.5. The van der Waals surface area contributed by atoms with Gasteiger partial charge in [0.1, 0.15) is 5.82 Å². The first-order valence-corrected chi connectivity index (χ1v) is 11.0. The number of benzene rings is 2. The molecule has 4 rings (SSSR count). The minimum atomic E-state index is -0.0582. The van der Waals surface area contributed by atoms with E-state index in [1.54, 1.807) is 23.9 Å². The average Bonchev–Trinajstić information content (AvgIpc) is 3.20. The van der Waals surface area contributed by atoms with E-state index in [1.165, 1.54) is 0 Å². The number of hydrogen-bond donors (Lipinski definition) is 1. The number of ketones is 1. The number of nitrogens with one attached hydrogen (secondary N) is 1. The van der Waals surface area contributed by atoms with Crippen molar-refractivity contribution in [2.45, 2.75) is 13.5 Å². The number of anilines is 2. The molecule has 32 heavy (non-hydrogen) atoms. The van der Waals surface area contributed by atoms with Crippen LogP contribution in [-0.4, -0.2) is 59.1 Å². The highest BCUT2D eigenvalue weighted by atomic mass is 35.5. The number of amides is 1. The van der Waals surface area contributed by atoms with Crippen LogP contribution in [0, 0.1) is 0 Å². The molecule has 0 atom stereocenters. The number of hydrogen-bond acceptors (Lipinski definition) is 5. The van der Waals surface area contributed by atoms with Gasteiger partial charge in [0, 0.05) is 48.5 Å². The van der Waals surface area contributed by atoms with E-state index < -0.39 is 0 Å². The summed E-state index contributed by atoms with van der Waals surface area (Å²) in [6, 6.07) is 17.1. The normalized spacial score (nSPS) is 14.4. The Bertz CT molecular complexity index is 1090. The molecule has 2 heterocycles. The van der Waals surface area contributed by atoms with Gasteiger partial charge in [-0.3, -0.25) is 14.5 Å². The monoisotopic (exact) mass is 451 g/mol. The molecule has 0 bridgehead atoms. The molecular formula is C24H26ClN5O2. The standard InChI is InChI=1S/C24H26ClN5O2/c1-18(31)20-5-7-22(8-6-20)29-13-11-28(12-14-29)17-24(32)27-23-9-10-26-30(23)16-19-3-2-4-21(25)15-19/h2-10,15H,11-14,16-17H2,1H3,(H,27,32). The fraction of sp³-hybridized carbons (Fsp3) is 0.292. The maximum absolute atomic E-state index is 12.6. The van der Waals surface area contributed by atoms with Crippen LogP contribution in [0.4, 0.5) is 11.5 Å². The maximum Gasteiger partial charge on any atom is 0.239 e. The second-order valence-corrected chi connectivity index (χ2v) is 8.35. The summed E-state index contributed by atoms with van der Waals surface area (Å²) < 4.78 is 1.76. The smallest absolute Gasteiger partial charge is 0.239 e. The predicted octanol–water partition coefficient (Wildman–Crippen LogP) is 3.55. The van der Waals surface area contributed by atoms with Gasteiger partial charge < -0.3 is 10.2 Å². The second kappa shape index (κ2) is 9.97. The van der Waals surface area contributed by atoms with Gasteiger partial charge in [-0.15, -0.1) is 0 Å². The van der Waals surface area contributed by atoms with Crippen LogP contribution in [0.1, 0.15) is 22.8 Å². The zero-order valence-electron chi connectivity index (χ0n) is 18.0. The highest BCUT2D eigenvalue weighted by Crippen LogP contribution is 2.18. The van der Waals surface area contributed by atoms with Crippen molar-refractivity contribution in [2.75, 3.05) is 42.9 Å². The minimum Gasteiger partial charge on any atom is -0.369 e. The largest absolute Gasteiger partial charge is 0.369 e. The third-order valence-electron chi connectivity index (χ3n) is 5.58. The zero-order chi connectivity index (χ0) is 22.5.